The number of nitrogens with zero attached hydrogens (tertiary/aromatic N) is 2. The molecule has 1 N–H and O–H groups in total. The minimum atomic E-state index is -0.0931. The molecule has 2 rings (SSSR count). The van der Waals surface area contributed by atoms with Crippen molar-refractivity contribution in [3.8, 4) is 0 Å². The van der Waals surface area contributed by atoms with Crippen LogP contribution in [-0.2, 0) is 4.79 Å². The Balaban J connectivity index is 2.21. The Morgan fingerprint density at radius 1 is 1.29 bits per heavy atom. The quantitative estimate of drug-likeness (QED) is 0.824. The number of likely N-dealkylation sites (N-methyl/N-ethyl adjacent to an activating group) is 2. The van der Waals surface area contributed by atoms with E-state index in [9.17, 15) is 9.59 Å². The maximum atomic E-state index is 12.4. The van der Waals surface area contributed by atoms with Crippen molar-refractivity contribution in [1.29, 1.82) is 0 Å². The van der Waals surface area contributed by atoms with Crippen molar-refractivity contribution in [3.63, 3.8) is 0 Å². The van der Waals surface area contributed by atoms with Crippen LogP contribution >= 0.6 is 0 Å². The largest absolute Gasteiger partial charge is 0.335 e. The lowest BCUT2D eigenvalue weighted by molar-refractivity contribution is -0.128. The number of hydrogen-bond donors (Lipinski definition) is 1. The van der Waals surface area contributed by atoms with E-state index in [1.54, 1.807) is 24.9 Å². The van der Waals surface area contributed by atoms with Crippen LogP contribution in [0.4, 0.5) is 0 Å². The fraction of sp³-hybridized carbons (Fsp3) is 0.500. The Bertz CT molecular complexity index is 660. The summed E-state index contributed by atoms with van der Waals surface area (Å²) < 4.78 is 1.65. The standard InChI is InChI=1S/C16H23N3O2/c1-11-7-13-5-6-19(14(13)8-12(11)2)16(21)10-18(4)15(20)9-17-3/h5-8,11-12,17H,9-10H2,1-4H3. The number of rotatable bonds is 4. The zero-order chi connectivity index (χ0) is 15.6. The fourth-order valence-corrected chi connectivity index (χ4v) is 2.48. The van der Waals surface area contributed by atoms with Gasteiger partial charge in [-0.1, -0.05) is 26.0 Å². The van der Waals surface area contributed by atoms with E-state index >= 15 is 0 Å². The number of hydrogen-bond acceptors (Lipinski definition) is 3. The van der Waals surface area contributed by atoms with Crippen LogP contribution in [0.5, 0.6) is 0 Å². The molecule has 2 unspecified atom stereocenters. The van der Waals surface area contributed by atoms with Gasteiger partial charge >= 0.3 is 0 Å². The van der Waals surface area contributed by atoms with Gasteiger partial charge in [-0.25, -0.2) is 0 Å². The van der Waals surface area contributed by atoms with Gasteiger partial charge in [0.1, 0.15) is 6.54 Å². The molecule has 0 saturated carbocycles. The van der Waals surface area contributed by atoms with E-state index in [1.807, 2.05) is 6.07 Å². The first-order valence-electron chi connectivity index (χ1n) is 7.27. The number of amides is 1. The third-order valence-corrected chi connectivity index (χ3v) is 4.05. The van der Waals surface area contributed by atoms with Crippen molar-refractivity contribution in [1.82, 2.24) is 14.8 Å². The van der Waals surface area contributed by atoms with Gasteiger partial charge in [-0.3, -0.25) is 14.2 Å². The van der Waals surface area contributed by atoms with Crippen LogP contribution in [-0.4, -0.2) is 48.5 Å². The lowest BCUT2D eigenvalue weighted by Crippen LogP contribution is -2.43. The highest BCUT2D eigenvalue weighted by Crippen LogP contribution is 2.15. The van der Waals surface area contributed by atoms with E-state index in [0.29, 0.717) is 11.8 Å². The van der Waals surface area contributed by atoms with Crippen molar-refractivity contribution in [2.24, 2.45) is 11.8 Å². The van der Waals surface area contributed by atoms with Gasteiger partial charge in [0.15, 0.2) is 0 Å². The Hall–Kier alpha value is -1.88. The average Bonchev–Trinajstić information content (AvgIpc) is 2.82. The van der Waals surface area contributed by atoms with Crippen molar-refractivity contribution in [3.05, 3.63) is 22.8 Å². The van der Waals surface area contributed by atoms with Crippen LogP contribution in [0.2, 0.25) is 0 Å². The molecule has 1 aromatic rings. The summed E-state index contributed by atoms with van der Waals surface area (Å²) in [5, 5.41) is 4.84. The number of fused-ring (bicyclic) bond motifs is 1. The van der Waals surface area contributed by atoms with Crippen LogP contribution in [0.1, 0.15) is 18.6 Å². The average molecular weight is 289 g/mol. The molecular formula is C16H23N3O2. The molecule has 0 aliphatic heterocycles. The van der Waals surface area contributed by atoms with Crippen LogP contribution in [0.3, 0.4) is 0 Å². The summed E-state index contributed by atoms with van der Waals surface area (Å²) in [5.74, 6) is 0.699. The Morgan fingerprint density at radius 3 is 2.62 bits per heavy atom. The molecule has 1 aliphatic carbocycles. The van der Waals surface area contributed by atoms with Gasteiger partial charge in [0, 0.05) is 13.2 Å². The summed E-state index contributed by atoms with van der Waals surface area (Å²) in [4.78, 5) is 25.6. The topological polar surface area (TPSA) is 54.3 Å². The summed E-state index contributed by atoms with van der Waals surface area (Å²) >= 11 is 0. The molecule has 1 aliphatic rings. The van der Waals surface area contributed by atoms with Gasteiger partial charge < -0.3 is 10.2 Å². The van der Waals surface area contributed by atoms with Gasteiger partial charge in [-0.2, -0.15) is 0 Å². The maximum absolute atomic E-state index is 12.4. The van der Waals surface area contributed by atoms with Crippen LogP contribution < -0.4 is 15.9 Å². The summed E-state index contributed by atoms with van der Waals surface area (Å²) in [6, 6.07) is 1.96. The highest BCUT2D eigenvalue weighted by atomic mass is 16.2. The van der Waals surface area contributed by atoms with Gasteiger partial charge in [0.05, 0.1) is 11.9 Å². The van der Waals surface area contributed by atoms with Gasteiger partial charge in [0.25, 0.3) is 5.91 Å². The predicted octanol–water partition coefficient (Wildman–Crippen LogP) is -0.347. The molecular weight excluding hydrogens is 266 g/mol. The zero-order valence-electron chi connectivity index (χ0n) is 13.1. The smallest absolute Gasteiger partial charge is 0.250 e. The summed E-state index contributed by atoms with van der Waals surface area (Å²) in [6.45, 7) is 4.64. The molecule has 2 atom stereocenters. The molecule has 0 aromatic carbocycles. The lowest BCUT2D eigenvalue weighted by atomic mass is 9.91. The molecule has 21 heavy (non-hydrogen) atoms. The first-order valence-corrected chi connectivity index (χ1v) is 7.27. The molecule has 1 aromatic heterocycles. The Morgan fingerprint density at radius 2 is 1.95 bits per heavy atom. The van der Waals surface area contributed by atoms with Crippen LogP contribution in [0, 0.1) is 11.8 Å². The molecule has 0 radical (unpaired) electrons. The number of nitrogens with one attached hydrogen (secondary N) is 1. The predicted molar refractivity (Wildman–Crippen MR) is 83.1 cm³/mol. The first kappa shape index (κ1) is 15.5. The molecule has 1 amide bonds. The monoisotopic (exact) mass is 289 g/mol. The molecule has 0 bridgehead atoms. The Labute approximate surface area is 124 Å². The second-order valence-electron chi connectivity index (χ2n) is 5.75. The third-order valence-electron chi connectivity index (χ3n) is 4.05. The van der Waals surface area contributed by atoms with Crippen LogP contribution in [0.25, 0.3) is 12.2 Å². The molecule has 0 spiro atoms. The summed E-state index contributed by atoms with van der Waals surface area (Å²) in [7, 11) is 3.36. The third kappa shape index (κ3) is 3.24. The summed E-state index contributed by atoms with van der Waals surface area (Å²) in [6.07, 6.45) is 6.12. The minimum Gasteiger partial charge on any atom is -0.335 e. The van der Waals surface area contributed by atoms with E-state index in [0.717, 1.165) is 10.6 Å². The minimum absolute atomic E-state index is 0.0827. The fourth-order valence-electron chi connectivity index (χ4n) is 2.48. The summed E-state index contributed by atoms with van der Waals surface area (Å²) in [5.41, 5.74) is 0. The SMILES string of the molecule is CNCC(=O)N(C)CC(=O)n1ccc2c1=CC(C)C(C)C=2. The highest BCUT2D eigenvalue weighted by Gasteiger charge is 2.17. The van der Waals surface area contributed by atoms with E-state index in [-0.39, 0.29) is 24.9 Å². The van der Waals surface area contributed by atoms with Gasteiger partial charge in [-0.15, -0.1) is 0 Å². The van der Waals surface area contributed by atoms with E-state index in [2.05, 4.69) is 31.3 Å². The van der Waals surface area contributed by atoms with Crippen molar-refractivity contribution < 1.29 is 9.59 Å². The lowest BCUT2D eigenvalue weighted by Gasteiger charge is -2.18. The first-order chi connectivity index (χ1) is 9.93. The second-order valence-corrected chi connectivity index (χ2v) is 5.75. The molecule has 0 fully saturated rings. The van der Waals surface area contributed by atoms with Gasteiger partial charge in [-0.05, 0) is 30.2 Å². The van der Waals surface area contributed by atoms with Crippen molar-refractivity contribution in [2.75, 3.05) is 27.2 Å². The molecule has 114 valence electrons. The number of aromatic nitrogens is 1. The molecule has 5 heteroatoms. The van der Waals surface area contributed by atoms with E-state index < -0.39 is 0 Å². The van der Waals surface area contributed by atoms with E-state index in [1.165, 1.54) is 4.90 Å². The number of carbonyl (C=O) groups is 2. The highest BCUT2D eigenvalue weighted by molar-refractivity contribution is 5.87. The molecule has 1 heterocycles. The van der Waals surface area contributed by atoms with Crippen molar-refractivity contribution >= 4 is 24.0 Å². The van der Waals surface area contributed by atoms with Gasteiger partial charge in [0.2, 0.25) is 5.91 Å². The van der Waals surface area contributed by atoms with Crippen molar-refractivity contribution in [2.45, 2.75) is 13.8 Å². The van der Waals surface area contributed by atoms with E-state index in [4.69, 9.17) is 0 Å². The Kier molecular flexibility index (Phi) is 4.63. The zero-order valence-corrected chi connectivity index (χ0v) is 13.1. The second kappa shape index (κ2) is 6.26. The maximum Gasteiger partial charge on any atom is 0.250 e. The molecule has 5 nitrogen and oxygen atoms in total. The van der Waals surface area contributed by atoms with Crippen LogP contribution in [0.15, 0.2) is 12.3 Å². The molecule has 0 saturated heterocycles. The number of carbonyl (C=O) groups excluding carboxylic acids is 2. The normalized spacial score (nSPS) is 20.2.